The van der Waals surface area contributed by atoms with E-state index in [0.717, 1.165) is 9.25 Å². The number of aryl methyl sites for hydroxylation is 1. The molecule has 0 amide bonds. The minimum absolute atomic E-state index is 0.108. The molecule has 1 heterocycles. The van der Waals surface area contributed by atoms with E-state index >= 15 is 0 Å². The first kappa shape index (κ1) is 13.5. The monoisotopic (exact) mass is 252 g/mol. The summed E-state index contributed by atoms with van der Waals surface area (Å²) in [6, 6.07) is -1.13. The number of carboxylic acids is 1. The predicted molar refractivity (Wildman–Crippen MR) is 63.2 cm³/mol. The molecule has 96 valence electrons. The summed E-state index contributed by atoms with van der Waals surface area (Å²) in [7, 11) is 2.62. The number of nitrogens with zero attached hydrogens (tertiary/aromatic N) is 3. The van der Waals surface area contributed by atoms with Crippen molar-refractivity contribution < 1.29 is 9.90 Å². The van der Waals surface area contributed by atoms with Crippen LogP contribution in [-0.2, 0) is 18.9 Å². The minimum atomic E-state index is -1.20. The van der Waals surface area contributed by atoms with E-state index in [1.807, 2.05) is 0 Å². The van der Waals surface area contributed by atoms with Gasteiger partial charge in [0.15, 0.2) is 0 Å². The first-order valence-electron chi connectivity index (χ1n) is 4.95. The van der Waals surface area contributed by atoms with Crippen LogP contribution in [0.1, 0.15) is 6.42 Å². The third kappa shape index (κ3) is 2.57. The molecule has 1 atom stereocenters. The van der Waals surface area contributed by atoms with Crippen molar-refractivity contribution in [1.29, 1.82) is 0 Å². The number of terminal acetylenes is 1. The molecule has 0 spiro atoms. The fraction of sp³-hybridized carbons (Fsp3) is 0.400. The Labute approximate surface area is 102 Å². The molecule has 2 N–H and O–H groups in total. The summed E-state index contributed by atoms with van der Waals surface area (Å²) in [4.78, 5) is 33.9. The second-order valence-corrected chi connectivity index (χ2v) is 3.56. The predicted octanol–water partition coefficient (Wildman–Crippen LogP) is -1.63. The summed E-state index contributed by atoms with van der Waals surface area (Å²) in [5.74, 6) is 0.744. The van der Waals surface area contributed by atoms with E-state index in [4.69, 9.17) is 11.5 Å². The summed E-state index contributed by atoms with van der Waals surface area (Å²) in [5, 5.41) is 15.0. The molecule has 0 fully saturated rings. The van der Waals surface area contributed by atoms with Gasteiger partial charge in [0.25, 0.3) is 5.56 Å². The van der Waals surface area contributed by atoms with Crippen LogP contribution in [0.3, 0.4) is 0 Å². The van der Waals surface area contributed by atoms with E-state index in [2.05, 4.69) is 16.3 Å². The molecule has 18 heavy (non-hydrogen) atoms. The van der Waals surface area contributed by atoms with Crippen molar-refractivity contribution in [2.75, 3.05) is 5.32 Å². The molecule has 0 aliphatic rings. The number of rotatable bonds is 4. The van der Waals surface area contributed by atoms with Gasteiger partial charge in [-0.2, -0.15) is 0 Å². The molecule has 0 aliphatic heterocycles. The van der Waals surface area contributed by atoms with Gasteiger partial charge in [-0.25, -0.2) is 14.3 Å². The fourth-order valence-electron chi connectivity index (χ4n) is 1.27. The summed E-state index contributed by atoms with van der Waals surface area (Å²) >= 11 is 0. The highest BCUT2D eigenvalue weighted by Crippen LogP contribution is 1.99. The van der Waals surface area contributed by atoms with Crippen molar-refractivity contribution in [3.8, 4) is 12.3 Å². The standard InChI is InChI=1S/C10H12N4O4/c1-4-5-6(9(16)17)11-7-8(15)13(2)10(18)14(3)12-7/h1,6H,5H2,2-3H3,(H,11,12)(H,16,17). The number of carboxylic acid groups (broad SMARTS) is 1. The van der Waals surface area contributed by atoms with Crippen LogP contribution in [0.15, 0.2) is 9.59 Å². The lowest BCUT2D eigenvalue weighted by atomic mass is 10.2. The van der Waals surface area contributed by atoms with Gasteiger partial charge in [0.1, 0.15) is 6.04 Å². The van der Waals surface area contributed by atoms with Crippen molar-refractivity contribution in [1.82, 2.24) is 14.3 Å². The maximum atomic E-state index is 11.7. The van der Waals surface area contributed by atoms with E-state index in [0.29, 0.717) is 0 Å². The molecule has 0 bridgehead atoms. The Kier molecular flexibility index (Phi) is 3.89. The first-order valence-corrected chi connectivity index (χ1v) is 4.95. The van der Waals surface area contributed by atoms with Crippen LogP contribution in [0.2, 0.25) is 0 Å². The summed E-state index contributed by atoms with van der Waals surface area (Å²) in [6.07, 6.45) is 4.92. The van der Waals surface area contributed by atoms with Gasteiger partial charge in [0.2, 0.25) is 5.82 Å². The number of aliphatic carboxylic acids is 1. The molecule has 0 aliphatic carbocycles. The molecular weight excluding hydrogens is 240 g/mol. The molecule has 1 aromatic heterocycles. The van der Waals surface area contributed by atoms with Crippen LogP contribution in [0.25, 0.3) is 0 Å². The second-order valence-electron chi connectivity index (χ2n) is 3.56. The van der Waals surface area contributed by atoms with Crippen LogP contribution in [-0.4, -0.2) is 31.5 Å². The van der Waals surface area contributed by atoms with Gasteiger partial charge in [-0.05, 0) is 0 Å². The zero-order valence-electron chi connectivity index (χ0n) is 9.88. The third-order valence-corrected chi connectivity index (χ3v) is 2.25. The molecule has 0 saturated heterocycles. The lowest BCUT2D eigenvalue weighted by molar-refractivity contribution is -0.137. The smallest absolute Gasteiger partial charge is 0.346 e. The highest BCUT2D eigenvalue weighted by molar-refractivity contribution is 5.77. The van der Waals surface area contributed by atoms with Crippen LogP contribution in [0, 0.1) is 12.3 Å². The molecule has 0 radical (unpaired) electrons. The number of hydrogen-bond acceptors (Lipinski definition) is 5. The number of aromatic nitrogens is 3. The summed E-state index contributed by atoms with van der Waals surface area (Å²) in [5.41, 5.74) is -1.31. The quantitative estimate of drug-likeness (QED) is 0.623. The SMILES string of the molecule is C#CCC(Nc1nn(C)c(=O)n(C)c1=O)C(=O)O. The minimum Gasteiger partial charge on any atom is -0.480 e. The first-order chi connectivity index (χ1) is 8.38. The molecule has 1 unspecified atom stereocenters. The van der Waals surface area contributed by atoms with Gasteiger partial charge < -0.3 is 10.4 Å². The zero-order valence-corrected chi connectivity index (χ0v) is 9.88. The van der Waals surface area contributed by atoms with Gasteiger partial charge in [-0.15, -0.1) is 17.4 Å². The van der Waals surface area contributed by atoms with Gasteiger partial charge >= 0.3 is 11.7 Å². The lowest BCUT2D eigenvalue weighted by Gasteiger charge is -2.12. The summed E-state index contributed by atoms with van der Waals surface area (Å²) in [6.45, 7) is 0. The van der Waals surface area contributed by atoms with Crippen molar-refractivity contribution >= 4 is 11.8 Å². The van der Waals surface area contributed by atoms with E-state index < -0.39 is 23.3 Å². The van der Waals surface area contributed by atoms with E-state index in [1.165, 1.54) is 14.1 Å². The lowest BCUT2D eigenvalue weighted by Crippen LogP contribution is -2.42. The Bertz CT molecular complexity index is 622. The normalized spacial score (nSPS) is 11.6. The number of carbonyl (C=O) groups is 1. The van der Waals surface area contributed by atoms with E-state index in [9.17, 15) is 14.4 Å². The van der Waals surface area contributed by atoms with Crippen LogP contribution < -0.4 is 16.6 Å². The molecule has 0 aromatic carbocycles. The van der Waals surface area contributed by atoms with Crippen molar-refractivity contribution in [2.24, 2.45) is 14.1 Å². The van der Waals surface area contributed by atoms with E-state index in [-0.39, 0.29) is 12.2 Å². The molecule has 1 rings (SSSR count). The van der Waals surface area contributed by atoms with Gasteiger partial charge in [0, 0.05) is 20.5 Å². The Balaban J connectivity index is 3.20. The zero-order chi connectivity index (χ0) is 13.9. The maximum Gasteiger partial charge on any atom is 0.346 e. The van der Waals surface area contributed by atoms with Crippen LogP contribution >= 0.6 is 0 Å². The molecule has 8 heteroatoms. The third-order valence-electron chi connectivity index (χ3n) is 2.25. The Hall–Kier alpha value is -2.56. The van der Waals surface area contributed by atoms with Crippen molar-refractivity contribution in [2.45, 2.75) is 12.5 Å². The highest BCUT2D eigenvalue weighted by Gasteiger charge is 2.19. The van der Waals surface area contributed by atoms with Gasteiger partial charge in [0.05, 0.1) is 0 Å². The second kappa shape index (κ2) is 5.18. The van der Waals surface area contributed by atoms with Crippen LogP contribution in [0.5, 0.6) is 0 Å². The van der Waals surface area contributed by atoms with Gasteiger partial charge in [-0.1, -0.05) is 0 Å². The maximum absolute atomic E-state index is 11.7. The largest absolute Gasteiger partial charge is 0.480 e. The van der Waals surface area contributed by atoms with Crippen LogP contribution in [0.4, 0.5) is 5.82 Å². The molecule has 8 nitrogen and oxygen atoms in total. The van der Waals surface area contributed by atoms with E-state index in [1.54, 1.807) is 0 Å². The average molecular weight is 252 g/mol. The molecule has 1 aromatic rings. The number of anilines is 1. The van der Waals surface area contributed by atoms with Crippen molar-refractivity contribution in [3.05, 3.63) is 20.8 Å². The Morgan fingerprint density at radius 1 is 1.56 bits per heavy atom. The topological polar surface area (TPSA) is 106 Å². The molecular formula is C10H12N4O4. The highest BCUT2D eigenvalue weighted by atomic mass is 16.4. The fourth-order valence-corrected chi connectivity index (χ4v) is 1.27. The van der Waals surface area contributed by atoms with Gasteiger partial charge in [-0.3, -0.25) is 9.36 Å². The Morgan fingerprint density at radius 3 is 2.67 bits per heavy atom. The number of nitrogens with one attached hydrogen (secondary N) is 1. The average Bonchev–Trinajstić information content (AvgIpc) is 2.32. The summed E-state index contributed by atoms with van der Waals surface area (Å²) < 4.78 is 1.75. The number of hydrogen-bond donors (Lipinski definition) is 2. The molecule has 0 saturated carbocycles. The van der Waals surface area contributed by atoms with Crippen molar-refractivity contribution in [3.63, 3.8) is 0 Å². The Morgan fingerprint density at radius 2 is 2.17 bits per heavy atom.